The topological polar surface area (TPSA) is 60.5 Å². The fraction of sp³-hybridized carbons (Fsp3) is 0.250. The molecule has 1 aromatic carbocycles. The summed E-state index contributed by atoms with van der Waals surface area (Å²) < 4.78 is 63.4. The largest absolute Gasteiger partial charge is 0.493 e. The molecule has 0 fully saturated rings. The first kappa shape index (κ1) is 18.5. The van der Waals surface area contributed by atoms with Gasteiger partial charge >= 0.3 is 0 Å². The summed E-state index contributed by atoms with van der Waals surface area (Å²) in [5.41, 5.74) is -0.179. The maximum atomic E-state index is 13.5. The van der Waals surface area contributed by atoms with Gasteiger partial charge in [-0.3, -0.25) is 4.79 Å². The molecule has 25 heavy (non-hydrogen) atoms. The number of nitrogens with zero attached hydrogens (tertiary/aromatic N) is 1. The number of aromatic nitrogens is 1. The van der Waals surface area contributed by atoms with Crippen LogP contribution in [-0.4, -0.2) is 32.0 Å². The molecule has 0 aliphatic heterocycles. The maximum absolute atomic E-state index is 13.5. The van der Waals surface area contributed by atoms with Crippen molar-refractivity contribution in [2.75, 3.05) is 26.1 Å². The smallest absolute Gasteiger partial charge is 0.253 e. The number of methoxy groups -OCH3 is 2. The Morgan fingerprint density at radius 3 is 2.12 bits per heavy atom. The molecule has 0 amide bonds. The van der Waals surface area contributed by atoms with Crippen LogP contribution in [0.3, 0.4) is 0 Å². The van der Waals surface area contributed by atoms with Crippen molar-refractivity contribution in [2.45, 2.75) is 6.42 Å². The molecule has 1 heterocycles. The third-order valence-electron chi connectivity index (χ3n) is 3.47. The van der Waals surface area contributed by atoms with Crippen LogP contribution in [0.2, 0.25) is 0 Å². The van der Waals surface area contributed by atoms with Gasteiger partial charge in [-0.25, -0.2) is 0 Å². The van der Waals surface area contributed by atoms with Crippen LogP contribution in [0.1, 0.15) is 15.9 Å². The van der Waals surface area contributed by atoms with E-state index in [-0.39, 0.29) is 18.5 Å². The zero-order chi connectivity index (χ0) is 18.6. The van der Waals surface area contributed by atoms with E-state index >= 15 is 0 Å². The second kappa shape index (κ2) is 7.82. The van der Waals surface area contributed by atoms with Crippen molar-refractivity contribution in [3.05, 3.63) is 46.8 Å². The van der Waals surface area contributed by atoms with Crippen LogP contribution in [-0.2, 0) is 6.42 Å². The highest BCUT2D eigenvalue weighted by atomic mass is 19.2. The number of halogens is 4. The van der Waals surface area contributed by atoms with Crippen molar-refractivity contribution < 1.29 is 31.8 Å². The van der Waals surface area contributed by atoms with Gasteiger partial charge in [0.15, 0.2) is 11.5 Å². The average Bonchev–Trinajstić information content (AvgIpc) is 2.62. The molecule has 9 heteroatoms. The van der Waals surface area contributed by atoms with E-state index in [2.05, 4.69) is 10.3 Å². The van der Waals surface area contributed by atoms with E-state index in [0.717, 1.165) is 0 Å². The molecule has 0 radical (unpaired) electrons. The normalized spacial score (nSPS) is 10.5. The summed E-state index contributed by atoms with van der Waals surface area (Å²) >= 11 is 0. The molecule has 0 unspecified atom stereocenters. The highest BCUT2D eigenvalue weighted by molar-refractivity contribution is 5.79. The Labute approximate surface area is 140 Å². The second-order valence-electron chi connectivity index (χ2n) is 4.90. The van der Waals surface area contributed by atoms with Crippen molar-refractivity contribution in [3.63, 3.8) is 0 Å². The lowest BCUT2D eigenvalue weighted by molar-refractivity contribution is 0.112. The van der Waals surface area contributed by atoms with Gasteiger partial charge in [0, 0.05) is 12.1 Å². The third kappa shape index (κ3) is 3.81. The molecule has 0 spiro atoms. The van der Waals surface area contributed by atoms with E-state index in [9.17, 15) is 22.4 Å². The maximum Gasteiger partial charge on any atom is 0.253 e. The molecule has 0 saturated heterocycles. The van der Waals surface area contributed by atoms with Crippen molar-refractivity contribution in [3.8, 4) is 11.5 Å². The molecule has 2 aromatic rings. The minimum Gasteiger partial charge on any atom is -0.493 e. The van der Waals surface area contributed by atoms with E-state index in [1.165, 1.54) is 26.4 Å². The standard InChI is InChI=1S/C16H14F4N2O3/c1-24-10-5-8(9(7-23)6-11(10)25-2)3-4-21-14-12(17)15(19)22-16(20)13(14)18/h5-7H,3-4H2,1-2H3,(H,21,22). The molecule has 0 aliphatic rings. The zero-order valence-corrected chi connectivity index (χ0v) is 13.3. The van der Waals surface area contributed by atoms with Gasteiger partial charge in [-0.2, -0.15) is 22.5 Å². The van der Waals surface area contributed by atoms with E-state index in [0.29, 0.717) is 23.3 Å². The molecule has 2 rings (SSSR count). The summed E-state index contributed by atoms with van der Waals surface area (Å²) in [6, 6.07) is 2.98. The summed E-state index contributed by atoms with van der Waals surface area (Å²) in [7, 11) is 2.82. The van der Waals surface area contributed by atoms with Crippen LogP contribution >= 0.6 is 0 Å². The number of pyridine rings is 1. The Morgan fingerprint density at radius 1 is 1.04 bits per heavy atom. The van der Waals surface area contributed by atoms with Crippen LogP contribution in [0.5, 0.6) is 11.5 Å². The monoisotopic (exact) mass is 358 g/mol. The summed E-state index contributed by atoms with van der Waals surface area (Å²) in [6.45, 7) is -0.104. The molecule has 1 N–H and O–H groups in total. The van der Waals surface area contributed by atoms with Crippen LogP contribution in [0.4, 0.5) is 23.2 Å². The van der Waals surface area contributed by atoms with Crippen LogP contribution < -0.4 is 14.8 Å². The Kier molecular flexibility index (Phi) is 5.79. The number of benzene rings is 1. The molecule has 134 valence electrons. The Hall–Kier alpha value is -2.84. The Morgan fingerprint density at radius 2 is 1.60 bits per heavy atom. The minimum absolute atomic E-state index is 0.104. The summed E-state index contributed by atoms with van der Waals surface area (Å²) in [6.07, 6.45) is 0.711. The first-order valence-corrected chi connectivity index (χ1v) is 7.06. The predicted octanol–water partition coefficient (Wildman–Crippen LogP) is 3.12. The van der Waals surface area contributed by atoms with Gasteiger partial charge in [-0.1, -0.05) is 0 Å². The molecule has 5 nitrogen and oxygen atoms in total. The minimum atomic E-state index is -1.75. The van der Waals surface area contributed by atoms with Gasteiger partial charge in [0.05, 0.1) is 14.2 Å². The van der Waals surface area contributed by atoms with E-state index in [1.807, 2.05) is 0 Å². The van der Waals surface area contributed by atoms with Crippen LogP contribution in [0.15, 0.2) is 12.1 Å². The first-order valence-electron chi connectivity index (χ1n) is 7.06. The van der Waals surface area contributed by atoms with Gasteiger partial charge in [-0.05, 0) is 24.1 Å². The number of hydrogen-bond donors (Lipinski definition) is 1. The Bertz CT molecular complexity index is 773. The van der Waals surface area contributed by atoms with Crippen LogP contribution in [0.25, 0.3) is 0 Å². The lowest BCUT2D eigenvalue weighted by atomic mass is 10.0. The highest BCUT2D eigenvalue weighted by Crippen LogP contribution is 2.30. The van der Waals surface area contributed by atoms with Gasteiger partial charge in [-0.15, -0.1) is 0 Å². The van der Waals surface area contributed by atoms with E-state index in [4.69, 9.17) is 9.47 Å². The summed E-state index contributed by atoms with van der Waals surface area (Å²) in [5.74, 6) is -6.04. The molecular formula is C16H14F4N2O3. The second-order valence-corrected chi connectivity index (χ2v) is 4.90. The molecule has 1 aromatic heterocycles. The van der Waals surface area contributed by atoms with Gasteiger partial charge < -0.3 is 14.8 Å². The van der Waals surface area contributed by atoms with E-state index in [1.54, 1.807) is 0 Å². The van der Waals surface area contributed by atoms with Crippen molar-refractivity contribution in [1.82, 2.24) is 4.98 Å². The molecule has 0 atom stereocenters. The van der Waals surface area contributed by atoms with Gasteiger partial charge in [0.1, 0.15) is 12.0 Å². The SMILES string of the molecule is COc1cc(C=O)c(CCNc2c(F)c(F)nc(F)c2F)cc1OC. The number of nitrogens with one attached hydrogen (secondary N) is 1. The number of hydrogen-bond acceptors (Lipinski definition) is 5. The quantitative estimate of drug-likeness (QED) is 0.468. The summed E-state index contributed by atoms with van der Waals surface area (Å²) in [4.78, 5) is 13.7. The average molecular weight is 358 g/mol. The molecule has 0 saturated carbocycles. The number of aldehydes is 1. The predicted molar refractivity (Wildman–Crippen MR) is 81.2 cm³/mol. The van der Waals surface area contributed by atoms with Gasteiger partial charge in [0.25, 0.3) is 11.9 Å². The van der Waals surface area contributed by atoms with Gasteiger partial charge in [0.2, 0.25) is 11.6 Å². The lowest BCUT2D eigenvalue weighted by Gasteiger charge is -2.13. The number of rotatable bonds is 7. The molecular weight excluding hydrogens is 344 g/mol. The number of anilines is 1. The third-order valence-corrected chi connectivity index (χ3v) is 3.47. The number of carbonyl (C=O) groups excluding carboxylic acids is 1. The number of ether oxygens (including phenoxy) is 2. The molecule has 0 aliphatic carbocycles. The number of carbonyl (C=O) groups is 1. The Balaban J connectivity index is 2.22. The van der Waals surface area contributed by atoms with Crippen molar-refractivity contribution in [2.24, 2.45) is 0 Å². The molecule has 0 bridgehead atoms. The van der Waals surface area contributed by atoms with E-state index < -0.39 is 29.2 Å². The summed E-state index contributed by atoms with van der Waals surface area (Å²) in [5, 5.41) is 2.27. The highest BCUT2D eigenvalue weighted by Gasteiger charge is 2.20. The van der Waals surface area contributed by atoms with Crippen molar-refractivity contribution >= 4 is 12.0 Å². The first-order chi connectivity index (χ1) is 11.9. The fourth-order valence-corrected chi connectivity index (χ4v) is 2.23. The van der Waals surface area contributed by atoms with Crippen LogP contribution in [0, 0.1) is 23.5 Å². The van der Waals surface area contributed by atoms with Crippen molar-refractivity contribution in [1.29, 1.82) is 0 Å². The zero-order valence-electron chi connectivity index (χ0n) is 13.3. The lowest BCUT2D eigenvalue weighted by Crippen LogP contribution is -2.13. The fourth-order valence-electron chi connectivity index (χ4n) is 2.23.